The van der Waals surface area contributed by atoms with Crippen LogP contribution in [0.3, 0.4) is 0 Å². The molecule has 0 saturated carbocycles. The number of hydrogen-bond donors (Lipinski definition) is 0. The first-order valence-corrected chi connectivity index (χ1v) is 20.1. The number of quaternary nitrogens is 1. The first-order valence-electron chi connectivity index (χ1n) is 20.1. The van der Waals surface area contributed by atoms with E-state index in [1.807, 2.05) is 21.1 Å². The molecule has 0 aliphatic rings. The Hall–Kier alpha value is -3.27. The number of ether oxygens (including phenoxy) is 4. The van der Waals surface area contributed by atoms with Gasteiger partial charge in [-0.2, -0.15) is 0 Å². The fourth-order valence-electron chi connectivity index (χ4n) is 4.83. The van der Waals surface area contributed by atoms with Crippen molar-refractivity contribution in [3.8, 4) is 0 Å². The Bertz CT molecular complexity index is 1100. The molecule has 0 saturated heterocycles. The molecule has 0 rings (SSSR count). The van der Waals surface area contributed by atoms with E-state index in [4.69, 9.17) is 18.9 Å². The number of unbranched alkanes of at least 4 members (excludes halogenated alkanes) is 8. The molecule has 0 heterocycles. The standard InChI is InChI=1S/C44H73NO8/c1-6-8-10-12-13-14-15-16-17-18-19-20-21-22-23-24-25-26-27-28-29-31-33-35-42(47)53-40(38-51-41(46)34-32-30-11-9-7-2)39-52-44(43(48)49)50-37-36-45(3,4)5/h8,10,13-14,16-17,19-20,22-23,25-26,40,44H,6-7,9,11-12,15,18,21,24,27-39H2,1-5H3/b10-8-,14-13-,17-16-,20-19-,23-22-,26-25-. The van der Waals surface area contributed by atoms with Crippen molar-refractivity contribution in [3.63, 3.8) is 0 Å². The van der Waals surface area contributed by atoms with Gasteiger partial charge in [-0.3, -0.25) is 9.59 Å². The summed E-state index contributed by atoms with van der Waals surface area (Å²) in [6.07, 6.45) is 39.8. The summed E-state index contributed by atoms with van der Waals surface area (Å²) >= 11 is 0. The zero-order valence-electron chi connectivity index (χ0n) is 33.9. The van der Waals surface area contributed by atoms with Crippen LogP contribution in [0.2, 0.25) is 0 Å². The van der Waals surface area contributed by atoms with E-state index in [1.54, 1.807) is 0 Å². The van der Waals surface area contributed by atoms with E-state index in [0.29, 0.717) is 17.4 Å². The average molecular weight is 744 g/mol. The van der Waals surface area contributed by atoms with Gasteiger partial charge in [0.1, 0.15) is 13.2 Å². The van der Waals surface area contributed by atoms with Crippen molar-refractivity contribution in [1.82, 2.24) is 0 Å². The molecule has 0 radical (unpaired) electrons. The second-order valence-electron chi connectivity index (χ2n) is 14.2. The van der Waals surface area contributed by atoms with Crippen molar-refractivity contribution in [1.29, 1.82) is 0 Å². The van der Waals surface area contributed by atoms with Crippen molar-refractivity contribution in [3.05, 3.63) is 72.9 Å². The molecule has 0 spiro atoms. The number of carbonyl (C=O) groups is 3. The van der Waals surface area contributed by atoms with Crippen molar-refractivity contribution in [2.24, 2.45) is 0 Å². The van der Waals surface area contributed by atoms with Crippen molar-refractivity contribution in [2.75, 3.05) is 47.5 Å². The number of aliphatic carboxylic acids is 1. The number of allylic oxidation sites excluding steroid dienone is 12. The minimum Gasteiger partial charge on any atom is -0.545 e. The van der Waals surface area contributed by atoms with Crippen LogP contribution in [0.4, 0.5) is 0 Å². The van der Waals surface area contributed by atoms with Gasteiger partial charge in [-0.15, -0.1) is 0 Å². The highest BCUT2D eigenvalue weighted by molar-refractivity contribution is 5.70. The number of rotatable bonds is 35. The number of esters is 2. The highest BCUT2D eigenvalue weighted by atomic mass is 16.7. The SMILES string of the molecule is CC/C=C\C/C=C\C/C=C\C/C=C\C/C=C\C/C=C\CCCCCCC(=O)OC(COC(=O)CCCCCCC)COC(OCC[N+](C)(C)C)C(=O)[O-]. The smallest absolute Gasteiger partial charge is 0.306 e. The zero-order chi connectivity index (χ0) is 39.3. The van der Waals surface area contributed by atoms with Crippen molar-refractivity contribution < 1.29 is 42.9 Å². The van der Waals surface area contributed by atoms with Crippen LogP contribution in [0.5, 0.6) is 0 Å². The molecule has 0 bridgehead atoms. The molecule has 302 valence electrons. The maximum atomic E-state index is 12.6. The molecule has 2 unspecified atom stereocenters. The molecule has 0 fully saturated rings. The maximum absolute atomic E-state index is 12.6. The Morgan fingerprint density at radius 3 is 1.58 bits per heavy atom. The Morgan fingerprint density at radius 2 is 1.08 bits per heavy atom. The number of carboxylic acids is 1. The number of likely N-dealkylation sites (N-methyl/N-ethyl adjacent to an activating group) is 1. The summed E-state index contributed by atoms with van der Waals surface area (Å²) in [5.74, 6) is -2.35. The van der Waals surface area contributed by atoms with Gasteiger partial charge in [-0.1, -0.05) is 125 Å². The molecule has 9 heteroatoms. The summed E-state index contributed by atoms with van der Waals surface area (Å²) in [5, 5.41) is 11.6. The second kappa shape index (κ2) is 35.7. The van der Waals surface area contributed by atoms with E-state index in [0.717, 1.165) is 96.3 Å². The molecule has 9 nitrogen and oxygen atoms in total. The molecule has 0 N–H and O–H groups in total. The topological polar surface area (TPSA) is 111 Å². The Balaban J connectivity index is 4.38. The second-order valence-corrected chi connectivity index (χ2v) is 14.2. The lowest BCUT2D eigenvalue weighted by Gasteiger charge is -2.26. The number of carbonyl (C=O) groups excluding carboxylic acids is 3. The third-order valence-corrected chi connectivity index (χ3v) is 7.97. The van der Waals surface area contributed by atoms with Crippen LogP contribution in [-0.4, -0.2) is 82.3 Å². The Morgan fingerprint density at radius 1 is 0.585 bits per heavy atom. The minimum absolute atomic E-state index is 0.139. The van der Waals surface area contributed by atoms with Gasteiger partial charge in [0.2, 0.25) is 0 Å². The summed E-state index contributed by atoms with van der Waals surface area (Å²) in [4.78, 5) is 36.5. The summed E-state index contributed by atoms with van der Waals surface area (Å²) in [7, 11) is 5.87. The number of nitrogens with zero attached hydrogens (tertiary/aromatic N) is 1. The molecule has 53 heavy (non-hydrogen) atoms. The largest absolute Gasteiger partial charge is 0.545 e. The lowest BCUT2D eigenvalue weighted by molar-refractivity contribution is -0.870. The predicted octanol–water partition coefficient (Wildman–Crippen LogP) is 8.66. The van der Waals surface area contributed by atoms with Crippen LogP contribution in [-0.2, 0) is 33.3 Å². The third-order valence-electron chi connectivity index (χ3n) is 7.97. The van der Waals surface area contributed by atoms with E-state index in [1.165, 1.54) is 0 Å². The highest BCUT2D eigenvalue weighted by Crippen LogP contribution is 2.11. The normalized spacial score (nSPS) is 13.8. The van der Waals surface area contributed by atoms with Crippen molar-refractivity contribution in [2.45, 2.75) is 142 Å². The monoisotopic (exact) mass is 744 g/mol. The van der Waals surface area contributed by atoms with E-state index >= 15 is 0 Å². The van der Waals surface area contributed by atoms with Gasteiger partial charge in [0.05, 0.1) is 40.3 Å². The summed E-state index contributed by atoms with van der Waals surface area (Å²) in [6, 6.07) is 0. The van der Waals surface area contributed by atoms with Gasteiger partial charge in [0, 0.05) is 12.8 Å². The third kappa shape index (κ3) is 36.9. The van der Waals surface area contributed by atoms with Gasteiger partial charge >= 0.3 is 11.9 Å². The van der Waals surface area contributed by atoms with Gasteiger partial charge < -0.3 is 33.3 Å². The van der Waals surface area contributed by atoms with Gasteiger partial charge in [0.15, 0.2) is 12.4 Å². The maximum Gasteiger partial charge on any atom is 0.306 e. The molecule has 0 aliphatic heterocycles. The van der Waals surface area contributed by atoms with Crippen molar-refractivity contribution >= 4 is 17.9 Å². The Labute approximate surface area is 322 Å². The van der Waals surface area contributed by atoms with Gasteiger partial charge in [0.25, 0.3) is 0 Å². The summed E-state index contributed by atoms with van der Waals surface area (Å²) in [6.45, 7) is 4.46. The van der Waals surface area contributed by atoms with E-state index < -0.39 is 24.3 Å². The van der Waals surface area contributed by atoms with E-state index in [-0.39, 0.29) is 38.6 Å². The van der Waals surface area contributed by atoms with Crippen LogP contribution < -0.4 is 5.11 Å². The lowest BCUT2D eigenvalue weighted by atomic mass is 10.1. The number of hydrogen-bond acceptors (Lipinski definition) is 8. The molecular formula is C44H73NO8. The van der Waals surface area contributed by atoms with Gasteiger partial charge in [-0.05, 0) is 64.2 Å². The molecule has 2 atom stereocenters. The first kappa shape index (κ1) is 49.7. The van der Waals surface area contributed by atoms with Crippen LogP contribution >= 0.6 is 0 Å². The Kier molecular flexibility index (Phi) is 33.5. The first-order chi connectivity index (χ1) is 25.6. The molecule has 0 aromatic rings. The molecular weight excluding hydrogens is 670 g/mol. The lowest BCUT2D eigenvalue weighted by Crippen LogP contribution is -2.44. The molecule has 0 aromatic heterocycles. The average Bonchev–Trinajstić information content (AvgIpc) is 3.11. The summed E-state index contributed by atoms with van der Waals surface area (Å²) in [5.41, 5.74) is 0. The van der Waals surface area contributed by atoms with Crippen LogP contribution in [0.25, 0.3) is 0 Å². The predicted molar refractivity (Wildman–Crippen MR) is 214 cm³/mol. The van der Waals surface area contributed by atoms with Crippen LogP contribution in [0, 0.1) is 0 Å². The fourth-order valence-corrected chi connectivity index (χ4v) is 4.83. The molecule has 0 aliphatic carbocycles. The fraction of sp³-hybridized carbons (Fsp3) is 0.659. The van der Waals surface area contributed by atoms with E-state index in [2.05, 4.69) is 86.8 Å². The molecule has 0 amide bonds. The minimum atomic E-state index is -1.63. The zero-order valence-corrected chi connectivity index (χ0v) is 33.9. The molecule has 0 aromatic carbocycles. The highest BCUT2D eigenvalue weighted by Gasteiger charge is 2.21. The van der Waals surface area contributed by atoms with E-state index in [9.17, 15) is 19.5 Å². The quantitative estimate of drug-likeness (QED) is 0.0209. The number of carboxylic acid groups (broad SMARTS) is 1. The van der Waals surface area contributed by atoms with Crippen LogP contribution in [0.1, 0.15) is 129 Å². The van der Waals surface area contributed by atoms with Crippen LogP contribution in [0.15, 0.2) is 72.9 Å². The summed E-state index contributed by atoms with van der Waals surface area (Å²) < 4.78 is 22.3. The van der Waals surface area contributed by atoms with Gasteiger partial charge in [-0.25, -0.2) is 0 Å².